The Hall–Kier alpha value is -4.18. The first-order chi connectivity index (χ1) is 20.0. The predicted molar refractivity (Wildman–Crippen MR) is 156 cm³/mol. The van der Waals surface area contributed by atoms with Gasteiger partial charge in [0.1, 0.15) is 12.1 Å². The number of nitrogens with one attached hydrogen (secondary N) is 3. The lowest BCUT2D eigenvalue weighted by Gasteiger charge is -2.29. The van der Waals surface area contributed by atoms with E-state index in [2.05, 4.69) is 20.9 Å². The van der Waals surface area contributed by atoms with Crippen molar-refractivity contribution >= 4 is 35.4 Å². The van der Waals surface area contributed by atoms with E-state index in [1.54, 1.807) is 29.3 Å². The van der Waals surface area contributed by atoms with E-state index < -0.39 is 35.3 Å². The van der Waals surface area contributed by atoms with Crippen LogP contribution >= 0.6 is 11.8 Å². The average Bonchev–Trinajstić information content (AvgIpc) is 3.47. The van der Waals surface area contributed by atoms with Crippen LogP contribution in [0.3, 0.4) is 0 Å². The van der Waals surface area contributed by atoms with Gasteiger partial charge in [-0.15, -0.1) is 0 Å². The summed E-state index contributed by atoms with van der Waals surface area (Å²) in [5, 5.41) is 8.38. The molecule has 3 N–H and O–H groups in total. The van der Waals surface area contributed by atoms with Crippen LogP contribution in [-0.4, -0.2) is 63.6 Å². The van der Waals surface area contributed by atoms with Crippen molar-refractivity contribution in [3.05, 3.63) is 96.2 Å². The van der Waals surface area contributed by atoms with Gasteiger partial charge in [-0.3, -0.25) is 19.2 Å². The highest BCUT2D eigenvalue weighted by Gasteiger charge is 2.40. The quantitative estimate of drug-likeness (QED) is 0.418. The molecule has 2 fully saturated rings. The highest BCUT2D eigenvalue weighted by atomic mass is 32.2. The lowest BCUT2D eigenvalue weighted by atomic mass is 10.0. The van der Waals surface area contributed by atoms with Crippen LogP contribution in [0.25, 0.3) is 0 Å². The van der Waals surface area contributed by atoms with Gasteiger partial charge in [0.05, 0.1) is 5.03 Å². The van der Waals surface area contributed by atoms with E-state index in [1.165, 1.54) is 0 Å². The van der Waals surface area contributed by atoms with Crippen LogP contribution in [0.15, 0.2) is 90.1 Å². The first-order valence-corrected chi connectivity index (χ1v) is 14.7. The largest absolute Gasteiger partial charge is 0.350 e. The summed E-state index contributed by atoms with van der Waals surface area (Å²) in [6, 6.07) is 22.3. The van der Waals surface area contributed by atoms with E-state index in [0.717, 1.165) is 22.9 Å². The molecule has 1 unspecified atom stereocenters. The fraction of sp³-hybridized carbons (Fsp3) is 0.323. The number of pyridine rings is 1. The van der Waals surface area contributed by atoms with Crippen molar-refractivity contribution in [1.29, 1.82) is 0 Å². The maximum Gasteiger partial charge on any atom is 0.253 e. The Bertz CT molecular complexity index is 1360. The fourth-order valence-electron chi connectivity index (χ4n) is 5.29. The summed E-state index contributed by atoms with van der Waals surface area (Å²) in [6.07, 6.45) is 3.42. The smallest absolute Gasteiger partial charge is 0.253 e. The van der Waals surface area contributed by atoms with Gasteiger partial charge in [0, 0.05) is 31.6 Å². The van der Waals surface area contributed by atoms with Crippen molar-refractivity contribution in [1.82, 2.24) is 25.8 Å². The van der Waals surface area contributed by atoms with Gasteiger partial charge in [-0.05, 0) is 42.5 Å². The van der Waals surface area contributed by atoms with Gasteiger partial charge in [0.15, 0.2) is 5.37 Å². The zero-order valence-corrected chi connectivity index (χ0v) is 23.4. The van der Waals surface area contributed by atoms with Gasteiger partial charge in [0.2, 0.25) is 17.7 Å². The molecular weight excluding hydrogens is 538 g/mol. The Labute approximate surface area is 243 Å². The van der Waals surface area contributed by atoms with Gasteiger partial charge in [0.25, 0.3) is 5.91 Å². The van der Waals surface area contributed by atoms with Crippen molar-refractivity contribution in [3.8, 4) is 0 Å². The number of aromatic nitrogens is 1. The number of fused-ring (bicyclic) bond motifs is 1. The van der Waals surface area contributed by atoms with Gasteiger partial charge in [-0.2, -0.15) is 0 Å². The van der Waals surface area contributed by atoms with E-state index in [-0.39, 0.29) is 18.2 Å². The number of carbonyl (C=O) groups excluding carboxylic acids is 4. The zero-order chi connectivity index (χ0) is 28.6. The fourth-order valence-corrected chi connectivity index (χ4v) is 6.16. The molecule has 0 bridgehead atoms. The van der Waals surface area contributed by atoms with Gasteiger partial charge in [-0.1, -0.05) is 78.5 Å². The summed E-state index contributed by atoms with van der Waals surface area (Å²) in [5.41, 5.74) is 1.85. The molecule has 2 aliphatic heterocycles. The molecule has 0 spiro atoms. The second kappa shape index (κ2) is 13.5. The third-order valence-electron chi connectivity index (χ3n) is 7.25. The number of benzene rings is 2. The van der Waals surface area contributed by atoms with Crippen LogP contribution in [0.2, 0.25) is 0 Å². The number of carbonyl (C=O) groups is 4. The van der Waals surface area contributed by atoms with Crippen LogP contribution in [-0.2, 0) is 32.0 Å². The molecule has 10 heteroatoms. The second-order valence-electron chi connectivity index (χ2n) is 10.3. The van der Waals surface area contributed by atoms with E-state index >= 15 is 0 Å². The standard InChI is InChI=1S/C31H33N5O4S/c37-26-20-23(18-21-10-3-1-4-11-21)33-29(39)30(41-27-15-7-8-16-32-27)35-28(38)25-14-9-17-36(25)31(40)24(34-26)19-22-12-5-2-6-13-22/h1-8,10-13,15-16,23-25,30H,9,14,17-20H2,(H,33,39)(H,34,37)(H,35,38)/t23-,24-,25+,30?/m0/s1. The number of nitrogens with zero attached hydrogens (tertiary/aromatic N) is 2. The molecule has 0 saturated carbocycles. The van der Waals surface area contributed by atoms with Crippen molar-refractivity contribution in [2.45, 2.75) is 60.6 Å². The molecule has 41 heavy (non-hydrogen) atoms. The molecule has 5 rings (SSSR count). The molecule has 0 aliphatic carbocycles. The minimum absolute atomic E-state index is 0.0302. The molecule has 2 aromatic carbocycles. The lowest BCUT2D eigenvalue weighted by Crippen LogP contribution is -2.55. The number of thioether (sulfide) groups is 1. The Morgan fingerprint density at radius 3 is 2.15 bits per heavy atom. The van der Waals surface area contributed by atoms with E-state index in [4.69, 9.17) is 0 Å². The Morgan fingerprint density at radius 2 is 1.46 bits per heavy atom. The molecule has 2 saturated heterocycles. The maximum atomic E-state index is 13.9. The topological polar surface area (TPSA) is 120 Å². The monoisotopic (exact) mass is 571 g/mol. The number of hydrogen-bond donors (Lipinski definition) is 3. The predicted octanol–water partition coefficient (Wildman–Crippen LogP) is 2.47. The van der Waals surface area contributed by atoms with Crippen molar-refractivity contribution in [2.75, 3.05) is 6.54 Å². The normalized spacial score (nSPS) is 23.8. The van der Waals surface area contributed by atoms with Crippen molar-refractivity contribution < 1.29 is 19.2 Å². The van der Waals surface area contributed by atoms with Gasteiger partial charge >= 0.3 is 0 Å². The van der Waals surface area contributed by atoms with Crippen LogP contribution in [0.5, 0.6) is 0 Å². The van der Waals surface area contributed by atoms with Crippen LogP contribution in [0, 0.1) is 0 Å². The van der Waals surface area contributed by atoms with E-state index in [1.807, 2.05) is 60.7 Å². The van der Waals surface area contributed by atoms with Crippen LogP contribution in [0.1, 0.15) is 30.4 Å². The molecule has 0 radical (unpaired) electrons. The lowest BCUT2D eigenvalue weighted by molar-refractivity contribution is -0.141. The highest BCUT2D eigenvalue weighted by Crippen LogP contribution is 2.24. The molecule has 9 nitrogen and oxygen atoms in total. The SMILES string of the molecule is O=C1C[C@H](Cc2ccccc2)NC(=O)C(Sc2ccccn2)NC(=O)[C@H]2CCCN2C(=O)[C@H](Cc2ccccc2)N1. The zero-order valence-electron chi connectivity index (χ0n) is 22.6. The number of hydrogen-bond acceptors (Lipinski definition) is 6. The highest BCUT2D eigenvalue weighted by molar-refractivity contribution is 8.00. The minimum atomic E-state index is -1.00. The molecule has 3 aromatic rings. The third kappa shape index (κ3) is 7.52. The molecule has 4 atom stereocenters. The summed E-state index contributed by atoms with van der Waals surface area (Å²) in [7, 11) is 0. The molecule has 212 valence electrons. The van der Waals surface area contributed by atoms with Crippen LogP contribution < -0.4 is 16.0 Å². The Morgan fingerprint density at radius 1 is 0.780 bits per heavy atom. The summed E-state index contributed by atoms with van der Waals surface area (Å²) >= 11 is 1.12. The molecular formula is C31H33N5O4S. The summed E-state index contributed by atoms with van der Waals surface area (Å²) < 4.78 is 0. The molecule has 3 heterocycles. The first kappa shape index (κ1) is 28.4. The molecule has 2 aliphatic rings. The maximum absolute atomic E-state index is 13.9. The number of amides is 4. The third-order valence-corrected chi connectivity index (χ3v) is 8.30. The Balaban J connectivity index is 1.46. The van der Waals surface area contributed by atoms with E-state index in [0.29, 0.717) is 37.3 Å². The number of rotatable bonds is 6. The summed E-state index contributed by atoms with van der Waals surface area (Å²) in [4.78, 5) is 60.4. The first-order valence-electron chi connectivity index (χ1n) is 13.8. The summed E-state index contributed by atoms with van der Waals surface area (Å²) in [5.74, 6) is -1.47. The van der Waals surface area contributed by atoms with Gasteiger partial charge in [-0.25, -0.2) is 4.98 Å². The molecule has 1 aromatic heterocycles. The van der Waals surface area contributed by atoms with Crippen LogP contribution in [0.4, 0.5) is 0 Å². The minimum Gasteiger partial charge on any atom is -0.350 e. The molecule has 4 amide bonds. The summed E-state index contributed by atoms with van der Waals surface area (Å²) in [6.45, 7) is 0.402. The average molecular weight is 572 g/mol. The van der Waals surface area contributed by atoms with Gasteiger partial charge < -0.3 is 20.9 Å². The van der Waals surface area contributed by atoms with Crippen molar-refractivity contribution in [2.24, 2.45) is 0 Å². The van der Waals surface area contributed by atoms with E-state index in [9.17, 15) is 19.2 Å². The van der Waals surface area contributed by atoms with Crippen molar-refractivity contribution in [3.63, 3.8) is 0 Å². The second-order valence-corrected chi connectivity index (χ2v) is 11.4. The Kier molecular flexibility index (Phi) is 9.30.